The van der Waals surface area contributed by atoms with Crippen molar-refractivity contribution in [3.05, 3.63) is 35.9 Å². The maximum atomic E-state index is 11.4. The van der Waals surface area contributed by atoms with Gasteiger partial charge in [-0.3, -0.25) is 4.79 Å². The van der Waals surface area contributed by atoms with Crippen LogP contribution in [0.2, 0.25) is 0 Å². The van der Waals surface area contributed by atoms with Crippen LogP contribution in [0.15, 0.2) is 30.3 Å². The minimum absolute atomic E-state index is 0.0492. The zero-order valence-electron chi connectivity index (χ0n) is 12.5. The molecule has 0 aliphatic rings. The smallest absolute Gasteiger partial charge is 0.407 e. The van der Waals surface area contributed by atoms with Crippen molar-refractivity contribution in [3.63, 3.8) is 0 Å². The summed E-state index contributed by atoms with van der Waals surface area (Å²) in [4.78, 5) is 22.7. The number of unbranched alkanes of at least 4 members (excludes halogenated alkanes) is 2. The van der Waals surface area contributed by atoms with Crippen molar-refractivity contribution in [1.29, 1.82) is 5.26 Å². The Kier molecular flexibility index (Phi) is 8.87. The molecule has 0 saturated carbocycles. The Morgan fingerprint density at radius 3 is 2.59 bits per heavy atom. The monoisotopic (exact) mass is 303 g/mol. The Hall–Kier alpha value is -2.55. The first-order valence-electron chi connectivity index (χ1n) is 7.30. The van der Waals surface area contributed by atoms with Gasteiger partial charge in [0, 0.05) is 13.0 Å². The van der Waals surface area contributed by atoms with Gasteiger partial charge in [-0.05, 0) is 18.4 Å². The molecule has 22 heavy (non-hydrogen) atoms. The summed E-state index contributed by atoms with van der Waals surface area (Å²) in [6.07, 6.45) is 2.32. The van der Waals surface area contributed by atoms with Gasteiger partial charge in [0.25, 0.3) is 0 Å². The van der Waals surface area contributed by atoms with Crippen molar-refractivity contribution in [2.24, 2.45) is 0 Å². The Labute approximate surface area is 130 Å². The van der Waals surface area contributed by atoms with Crippen LogP contribution in [-0.4, -0.2) is 25.1 Å². The Balaban J connectivity index is 1.97. The highest BCUT2D eigenvalue weighted by Crippen LogP contribution is 2.01. The number of hydrogen-bond donors (Lipinski definition) is 2. The predicted octanol–water partition coefficient (Wildman–Crippen LogP) is 2.11. The molecule has 2 N–H and O–H groups in total. The topological polar surface area (TPSA) is 91.2 Å². The van der Waals surface area contributed by atoms with Crippen LogP contribution in [0, 0.1) is 11.3 Å². The summed E-state index contributed by atoms with van der Waals surface area (Å²) in [6, 6.07) is 11.3. The highest BCUT2D eigenvalue weighted by Gasteiger charge is 2.02. The van der Waals surface area contributed by atoms with Crippen LogP contribution in [0.25, 0.3) is 0 Å². The number of carbonyl (C=O) groups excluding carboxylic acids is 2. The van der Waals surface area contributed by atoms with Gasteiger partial charge >= 0.3 is 6.09 Å². The first kappa shape index (κ1) is 17.5. The molecule has 0 bridgehead atoms. The van der Waals surface area contributed by atoms with Gasteiger partial charge in [0.2, 0.25) is 5.91 Å². The van der Waals surface area contributed by atoms with Crippen molar-refractivity contribution in [1.82, 2.24) is 10.6 Å². The number of nitrogens with zero attached hydrogens (tertiary/aromatic N) is 1. The summed E-state index contributed by atoms with van der Waals surface area (Å²) >= 11 is 0. The molecule has 6 heteroatoms. The van der Waals surface area contributed by atoms with Crippen molar-refractivity contribution < 1.29 is 14.3 Å². The minimum atomic E-state index is -0.435. The maximum Gasteiger partial charge on any atom is 0.407 e. The zero-order chi connectivity index (χ0) is 16.0. The minimum Gasteiger partial charge on any atom is -0.445 e. The first-order valence-corrected chi connectivity index (χ1v) is 7.30. The van der Waals surface area contributed by atoms with E-state index in [2.05, 4.69) is 10.6 Å². The molecule has 0 saturated heterocycles. The van der Waals surface area contributed by atoms with E-state index in [-0.39, 0.29) is 19.1 Å². The lowest BCUT2D eigenvalue weighted by atomic mass is 10.2. The van der Waals surface area contributed by atoms with Gasteiger partial charge in [0.15, 0.2) is 0 Å². The molecular formula is C16H21N3O3. The van der Waals surface area contributed by atoms with Gasteiger partial charge in [-0.1, -0.05) is 36.8 Å². The van der Waals surface area contributed by atoms with Gasteiger partial charge in [-0.25, -0.2) is 4.79 Å². The van der Waals surface area contributed by atoms with E-state index in [4.69, 9.17) is 10.00 Å². The summed E-state index contributed by atoms with van der Waals surface area (Å²) in [5.41, 5.74) is 0.945. The van der Waals surface area contributed by atoms with Crippen LogP contribution in [-0.2, 0) is 16.1 Å². The zero-order valence-corrected chi connectivity index (χ0v) is 12.5. The predicted molar refractivity (Wildman–Crippen MR) is 81.7 cm³/mol. The van der Waals surface area contributed by atoms with Crippen LogP contribution in [0.5, 0.6) is 0 Å². The number of carbonyl (C=O) groups is 2. The fraction of sp³-hybridized carbons (Fsp3) is 0.438. The summed E-state index contributed by atoms with van der Waals surface area (Å²) in [5, 5.41) is 13.5. The van der Waals surface area contributed by atoms with Crippen LogP contribution >= 0.6 is 0 Å². The number of hydrogen-bond acceptors (Lipinski definition) is 4. The molecule has 0 atom stereocenters. The normalized spacial score (nSPS) is 9.59. The summed E-state index contributed by atoms with van der Waals surface area (Å²) < 4.78 is 5.07. The highest BCUT2D eigenvalue weighted by molar-refractivity contribution is 5.76. The van der Waals surface area contributed by atoms with Crippen LogP contribution < -0.4 is 10.6 Å². The molecule has 1 rings (SSSR count). The molecule has 1 aromatic rings. The second kappa shape index (κ2) is 11.1. The van der Waals surface area contributed by atoms with Crippen molar-refractivity contribution in [2.45, 2.75) is 32.3 Å². The van der Waals surface area contributed by atoms with Gasteiger partial charge in [-0.15, -0.1) is 0 Å². The second-order valence-corrected chi connectivity index (χ2v) is 4.73. The van der Waals surface area contributed by atoms with Crippen LogP contribution in [0.3, 0.4) is 0 Å². The van der Waals surface area contributed by atoms with Gasteiger partial charge in [-0.2, -0.15) is 5.26 Å². The molecule has 0 fully saturated rings. The van der Waals surface area contributed by atoms with E-state index in [0.29, 0.717) is 13.0 Å². The number of ether oxygens (including phenoxy) is 1. The number of alkyl carbamates (subject to hydrolysis) is 1. The van der Waals surface area contributed by atoms with Crippen molar-refractivity contribution in [2.75, 3.05) is 13.1 Å². The van der Waals surface area contributed by atoms with Crippen LogP contribution in [0.4, 0.5) is 4.79 Å². The molecule has 0 aliphatic heterocycles. The van der Waals surface area contributed by atoms with Gasteiger partial charge in [0.05, 0.1) is 6.07 Å². The molecule has 0 aliphatic carbocycles. The van der Waals surface area contributed by atoms with Gasteiger partial charge in [0.1, 0.15) is 13.2 Å². The molecule has 0 radical (unpaired) electrons. The number of amides is 2. The Morgan fingerprint density at radius 1 is 1.09 bits per heavy atom. The Morgan fingerprint density at radius 2 is 1.86 bits per heavy atom. The van der Waals surface area contributed by atoms with Crippen molar-refractivity contribution in [3.8, 4) is 6.07 Å². The summed E-state index contributed by atoms with van der Waals surface area (Å²) in [5.74, 6) is -0.114. The first-order chi connectivity index (χ1) is 10.7. The molecule has 0 spiro atoms. The third-order valence-electron chi connectivity index (χ3n) is 2.93. The molecule has 0 aromatic heterocycles. The fourth-order valence-corrected chi connectivity index (χ4v) is 1.78. The number of nitriles is 1. The lowest BCUT2D eigenvalue weighted by Gasteiger charge is -2.07. The average molecular weight is 303 g/mol. The lowest BCUT2D eigenvalue weighted by molar-refractivity contribution is -0.120. The second-order valence-electron chi connectivity index (χ2n) is 4.73. The van der Waals surface area contributed by atoms with E-state index in [9.17, 15) is 9.59 Å². The SMILES string of the molecule is N#CCNC(=O)CCCCCNC(=O)OCc1ccccc1. The maximum absolute atomic E-state index is 11.4. The third kappa shape index (κ3) is 8.59. The standard InChI is InChI=1S/C16H21N3O3/c17-10-12-18-15(20)9-5-2-6-11-19-16(21)22-13-14-7-3-1-4-8-14/h1,3-4,7-8H,2,5-6,9,11-13H2,(H,18,20)(H,19,21). The molecule has 6 nitrogen and oxygen atoms in total. The van der Waals surface area contributed by atoms with Crippen molar-refractivity contribution >= 4 is 12.0 Å². The van der Waals surface area contributed by atoms with Gasteiger partial charge < -0.3 is 15.4 Å². The molecule has 118 valence electrons. The van der Waals surface area contributed by atoms with E-state index in [0.717, 1.165) is 24.8 Å². The van der Waals surface area contributed by atoms with E-state index < -0.39 is 6.09 Å². The fourth-order valence-electron chi connectivity index (χ4n) is 1.78. The summed E-state index contributed by atoms with van der Waals surface area (Å²) in [6.45, 7) is 0.826. The number of rotatable bonds is 9. The van der Waals surface area contributed by atoms with E-state index in [1.54, 1.807) is 0 Å². The number of nitrogens with one attached hydrogen (secondary N) is 2. The molecular weight excluding hydrogens is 282 g/mol. The van der Waals surface area contributed by atoms with E-state index in [1.807, 2.05) is 36.4 Å². The summed E-state index contributed by atoms with van der Waals surface area (Å²) in [7, 11) is 0. The molecule has 2 amide bonds. The number of benzene rings is 1. The molecule has 0 unspecified atom stereocenters. The lowest BCUT2D eigenvalue weighted by Crippen LogP contribution is -2.25. The molecule has 1 aromatic carbocycles. The highest BCUT2D eigenvalue weighted by atomic mass is 16.5. The average Bonchev–Trinajstić information content (AvgIpc) is 2.55. The van der Waals surface area contributed by atoms with E-state index >= 15 is 0 Å². The largest absolute Gasteiger partial charge is 0.445 e. The third-order valence-corrected chi connectivity index (χ3v) is 2.93. The van der Waals surface area contributed by atoms with E-state index in [1.165, 1.54) is 0 Å². The Bertz CT molecular complexity index is 497. The van der Waals surface area contributed by atoms with Crippen LogP contribution in [0.1, 0.15) is 31.2 Å². The quantitative estimate of drug-likeness (QED) is 0.540. The molecule has 0 heterocycles.